The number of aromatic nitrogens is 1. The summed E-state index contributed by atoms with van der Waals surface area (Å²) in [5.41, 5.74) is 10.1. The van der Waals surface area contributed by atoms with Crippen molar-refractivity contribution in [2.24, 2.45) is 5.73 Å². The van der Waals surface area contributed by atoms with Crippen LogP contribution in [-0.4, -0.2) is 16.6 Å². The smallest absolute Gasteiger partial charge is 0.266 e. The van der Waals surface area contributed by atoms with Crippen LogP contribution < -0.4 is 11.3 Å². The molecule has 1 unspecified atom stereocenters. The van der Waals surface area contributed by atoms with Gasteiger partial charge in [-0.15, -0.1) is 11.3 Å². The number of hydrogen-bond donors (Lipinski definition) is 3. The van der Waals surface area contributed by atoms with Crippen molar-refractivity contribution in [1.29, 1.82) is 0 Å². The van der Waals surface area contributed by atoms with Crippen LogP contribution in [0.2, 0.25) is 0 Å². The van der Waals surface area contributed by atoms with Gasteiger partial charge in [0.1, 0.15) is 10.4 Å². The molecule has 0 aliphatic carbocycles. The highest BCUT2D eigenvalue weighted by atomic mass is 32.1. The molecule has 2 aromatic carbocycles. The number of aromatic hydroxyl groups is 1. The van der Waals surface area contributed by atoms with Gasteiger partial charge in [0.2, 0.25) is 0 Å². The highest BCUT2D eigenvalue weighted by Crippen LogP contribution is 2.41. The lowest BCUT2D eigenvalue weighted by Crippen LogP contribution is -2.08. The molecule has 0 saturated carbocycles. The zero-order valence-electron chi connectivity index (χ0n) is 14.7. The number of phenolic OH excluding ortho intramolecular Hbond substituents is 1. The molecule has 0 aliphatic rings. The molecule has 26 heavy (non-hydrogen) atoms. The Balaban J connectivity index is 2.06. The zero-order valence-corrected chi connectivity index (χ0v) is 15.5. The van der Waals surface area contributed by atoms with Crippen LogP contribution in [0.1, 0.15) is 24.0 Å². The Labute approximate surface area is 154 Å². The van der Waals surface area contributed by atoms with Crippen LogP contribution in [0.4, 0.5) is 0 Å². The number of pyridine rings is 1. The number of H-pyrrole nitrogens is 1. The Morgan fingerprint density at radius 1 is 1.23 bits per heavy atom. The quantitative estimate of drug-likeness (QED) is 0.501. The maximum absolute atomic E-state index is 12.4. The lowest BCUT2D eigenvalue weighted by atomic mass is 9.93. The number of fused-ring (bicyclic) bond motifs is 3. The molecule has 0 spiro atoms. The average Bonchev–Trinajstić information content (AvgIpc) is 3.13. The topological polar surface area (TPSA) is 79.1 Å². The van der Waals surface area contributed by atoms with E-state index in [0.29, 0.717) is 11.2 Å². The van der Waals surface area contributed by atoms with E-state index in [2.05, 4.69) is 24.0 Å². The molecule has 4 rings (SSSR count). The molecule has 0 radical (unpaired) electrons. The first-order valence-electron chi connectivity index (χ1n) is 8.57. The van der Waals surface area contributed by atoms with Gasteiger partial charge in [-0.05, 0) is 53.6 Å². The summed E-state index contributed by atoms with van der Waals surface area (Å²) >= 11 is 1.41. The van der Waals surface area contributed by atoms with Gasteiger partial charge in [0.15, 0.2) is 0 Å². The molecule has 4 nitrogen and oxygen atoms in total. The summed E-state index contributed by atoms with van der Waals surface area (Å²) in [6.07, 6.45) is 0. The van der Waals surface area contributed by atoms with Crippen LogP contribution in [0.15, 0.2) is 46.6 Å². The molecule has 4 aromatic rings. The summed E-state index contributed by atoms with van der Waals surface area (Å²) in [7, 11) is 0. The van der Waals surface area contributed by atoms with Gasteiger partial charge in [0.25, 0.3) is 5.56 Å². The molecular formula is C21H20N2O2S. The zero-order chi connectivity index (χ0) is 18.4. The maximum atomic E-state index is 12.4. The SMILES string of the molecule is Cc1cc(O)c(-c2ccc(C(C)CN)cc2)c2c1[nH]c(=O)c1sccc12. The van der Waals surface area contributed by atoms with E-state index in [4.69, 9.17) is 5.73 Å². The van der Waals surface area contributed by atoms with Gasteiger partial charge < -0.3 is 15.8 Å². The van der Waals surface area contributed by atoms with Crippen molar-refractivity contribution in [3.05, 3.63) is 63.3 Å². The first-order valence-corrected chi connectivity index (χ1v) is 9.45. The number of thiophene rings is 1. The molecule has 2 heterocycles. The molecule has 0 bridgehead atoms. The molecular weight excluding hydrogens is 344 g/mol. The van der Waals surface area contributed by atoms with Crippen molar-refractivity contribution in [3.8, 4) is 16.9 Å². The number of nitrogens with one attached hydrogen (secondary N) is 1. The van der Waals surface area contributed by atoms with Gasteiger partial charge in [-0.3, -0.25) is 4.79 Å². The van der Waals surface area contributed by atoms with E-state index in [1.54, 1.807) is 6.07 Å². The van der Waals surface area contributed by atoms with E-state index in [9.17, 15) is 9.90 Å². The highest BCUT2D eigenvalue weighted by molar-refractivity contribution is 7.17. The lowest BCUT2D eigenvalue weighted by Gasteiger charge is -2.14. The van der Waals surface area contributed by atoms with Crippen molar-refractivity contribution in [2.45, 2.75) is 19.8 Å². The van der Waals surface area contributed by atoms with Gasteiger partial charge in [0, 0.05) is 16.3 Å². The minimum absolute atomic E-state index is 0.0886. The molecule has 0 amide bonds. The van der Waals surface area contributed by atoms with Crippen molar-refractivity contribution < 1.29 is 5.11 Å². The summed E-state index contributed by atoms with van der Waals surface area (Å²) in [6.45, 7) is 4.58. The van der Waals surface area contributed by atoms with E-state index in [1.165, 1.54) is 16.9 Å². The third kappa shape index (κ3) is 2.52. The molecule has 0 aliphatic heterocycles. The summed E-state index contributed by atoms with van der Waals surface area (Å²) in [4.78, 5) is 15.4. The monoisotopic (exact) mass is 364 g/mol. The number of hydrogen-bond acceptors (Lipinski definition) is 4. The summed E-state index contributed by atoms with van der Waals surface area (Å²) < 4.78 is 0.678. The first-order chi connectivity index (χ1) is 12.5. The van der Waals surface area contributed by atoms with Crippen LogP contribution >= 0.6 is 11.3 Å². The predicted molar refractivity (Wildman–Crippen MR) is 109 cm³/mol. The Morgan fingerprint density at radius 2 is 1.96 bits per heavy atom. The standard InChI is InChI=1S/C21H20N2O2S/c1-11-9-16(24)17(14-5-3-13(4-6-14)12(2)10-22)18-15-7-8-26-20(15)21(25)23-19(11)18/h3-9,12,24H,10,22H2,1-2H3,(H,23,25). The Morgan fingerprint density at radius 3 is 2.65 bits per heavy atom. The maximum Gasteiger partial charge on any atom is 0.266 e. The lowest BCUT2D eigenvalue weighted by molar-refractivity contribution is 0.477. The third-order valence-corrected chi connectivity index (χ3v) is 5.92. The average molecular weight is 364 g/mol. The van der Waals surface area contributed by atoms with E-state index in [0.717, 1.165) is 33.0 Å². The van der Waals surface area contributed by atoms with Crippen molar-refractivity contribution in [2.75, 3.05) is 6.54 Å². The second kappa shape index (κ2) is 6.27. The minimum Gasteiger partial charge on any atom is -0.507 e. The molecule has 2 aromatic heterocycles. The fourth-order valence-electron chi connectivity index (χ4n) is 3.49. The van der Waals surface area contributed by atoms with Crippen LogP contribution in [0.3, 0.4) is 0 Å². The molecule has 1 atom stereocenters. The summed E-state index contributed by atoms with van der Waals surface area (Å²) in [5, 5.41) is 14.4. The van der Waals surface area contributed by atoms with Crippen molar-refractivity contribution in [3.63, 3.8) is 0 Å². The molecule has 4 N–H and O–H groups in total. The Hall–Kier alpha value is -2.63. The fourth-order valence-corrected chi connectivity index (χ4v) is 4.28. The van der Waals surface area contributed by atoms with E-state index >= 15 is 0 Å². The van der Waals surface area contributed by atoms with Gasteiger partial charge >= 0.3 is 0 Å². The normalized spacial score (nSPS) is 12.7. The molecule has 0 saturated heterocycles. The highest BCUT2D eigenvalue weighted by Gasteiger charge is 2.17. The predicted octanol–water partition coefficient (Wildman–Crippen LogP) is 4.49. The second-order valence-corrected chi connectivity index (χ2v) is 7.63. The van der Waals surface area contributed by atoms with Gasteiger partial charge in [-0.2, -0.15) is 0 Å². The van der Waals surface area contributed by atoms with Crippen LogP contribution in [-0.2, 0) is 0 Å². The second-order valence-electron chi connectivity index (χ2n) is 6.71. The molecule has 0 fully saturated rings. The number of phenols is 1. The molecule has 132 valence electrons. The number of rotatable bonds is 3. The summed E-state index contributed by atoms with van der Waals surface area (Å²) in [6, 6.07) is 11.8. The number of aromatic amines is 1. The van der Waals surface area contributed by atoms with E-state index in [1.807, 2.05) is 30.5 Å². The van der Waals surface area contributed by atoms with Crippen LogP contribution in [0.25, 0.3) is 32.1 Å². The van der Waals surface area contributed by atoms with Crippen molar-refractivity contribution in [1.82, 2.24) is 4.98 Å². The minimum atomic E-state index is -0.0886. The first kappa shape index (κ1) is 16.8. The third-order valence-electron chi connectivity index (χ3n) is 5.00. The molecule has 5 heteroatoms. The van der Waals surface area contributed by atoms with Gasteiger partial charge in [-0.25, -0.2) is 0 Å². The Kier molecular flexibility index (Phi) is 4.05. The largest absolute Gasteiger partial charge is 0.507 e. The number of aryl methyl sites for hydroxylation is 1. The van der Waals surface area contributed by atoms with Crippen molar-refractivity contribution >= 4 is 32.3 Å². The summed E-state index contributed by atoms with van der Waals surface area (Å²) in [5.74, 6) is 0.501. The fraction of sp³-hybridized carbons (Fsp3) is 0.190. The van der Waals surface area contributed by atoms with Gasteiger partial charge in [0.05, 0.1) is 5.52 Å². The van der Waals surface area contributed by atoms with E-state index < -0.39 is 0 Å². The van der Waals surface area contributed by atoms with E-state index in [-0.39, 0.29) is 17.2 Å². The Bertz CT molecular complexity index is 1170. The number of benzene rings is 2. The van der Waals surface area contributed by atoms with Crippen LogP contribution in [0.5, 0.6) is 5.75 Å². The number of nitrogens with two attached hydrogens (primary N) is 1. The van der Waals surface area contributed by atoms with Gasteiger partial charge in [-0.1, -0.05) is 31.2 Å². The van der Waals surface area contributed by atoms with Crippen LogP contribution in [0, 0.1) is 6.92 Å².